The van der Waals surface area contributed by atoms with Crippen LogP contribution in [0.25, 0.3) is 11.1 Å². The number of amides is 1. The maximum Gasteiger partial charge on any atom is 0.411 e. The zero-order valence-electron chi connectivity index (χ0n) is 16.7. The Hall–Kier alpha value is -2.84. The molecule has 9 heteroatoms. The van der Waals surface area contributed by atoms with Gasteiger partial charge in [-0.1, -0.05) is 12.1 Å². The number of fused-ring (bicyclic) bond motifs is 1. The molecule has 0 spiro atoms. The number of pyridine rings is 1. The SMILES string of the molecule is CCc1cc(O[C@@H]2C[C@@H](C(=O)O)N(C(=O)OC(C)(C)C)C2)c2onc(C)c2n1. The number of carboxylic acids is 1. The maximum atomic E-state index is 12.4. The fraction of sp³-hybridized carbons (Fsp3) is 0.579. The van der Waals surface area contributed by atoms with Crippen LogP contribution in [0.15, 0.2) is 10.6 Å². The monoisotopic (exact) mass is 391 g/mol. The Morgan fingerprint density at radius 1 is 1.39 bits per heavy atom. The zero-order valence-corrected chi connectivity index (χ0v) is 16.7. The molecule has 9 nitrogen and oxygen atoms in total. The second-order valence-corrected chi connectivity index (χ2v) is 7.87. The molecule has 0 aliphatic carbocycles. The molecule has 1 fully saturated rings. The average Bonchev–Trinajstić information content (AvgIpc) is 3.18. The quantitative estimate of drug-likeness (QED) is 0.846. The van der Waals surface area contributed by atoms with E-state index in [1.165, 1.54) is 4.90 Å². The van der Waals surface area contributed by atoms with E-state index >= 15 is 0 Å². The number of aromatic nitrogens is 2. The van der Waals surface area contributed by atoms with Crippen molar-refractivity contribution in [2.45, 2.75) is 65.2 Å². The molecule has 3 rings (SSSR count). The number of ether oxygens (including phenoxy) is 2. The van der Waals surface area contributed by atoms with Gasteiger partial charge < -0.3 is 19.1 Å². The highest BCUT2D eigenvalue weighted by Crippen LogP contribution is 2.31. The van der Waals surface area contributed by atoms with Crippen molar-refractivity contribution >= 4 is 23.2 Å². The number of aryl methyl sites for hydroxylation is 2. The highest BCUT2D eigenvalue weighted by Gasteiger charge is 2.43. The topological polar surface area (TPSA) is 115 Å². The minimum absolute atomic E-state index is 0.101. The molecule has 1 saturated heterocycles. The number of nitrogens with zero attached hydrogens (tertiary/aromatic N) is 3. The number of hydrogen-bond donors (Lipinski definition) is 1. The molecular weight excluding hydrogens is 366 g/mol. The fourth-order valence-corrected chi connectivity index (χ4v) is 3.14. The van der Waals surface area contributed by atoms with Gasteiger partial charge in [-0.05, 0) is 34.1 Å². The third-order valence-electron chi connectivity index (χ3n) is 4.44. The molecular formula is C19H25N3O6. The molecule has 0 aromatic carbocycles. The van der Waals surface area contributed by atoms with Crippen molar-refractivity contribution in [1.29, 1.82) is 0 Å². The summed E-state index contributed by atoms with van der Waals surface area (Å²) in [5.74, 6) is -0.649. The van der Waals surface area contributed by atoms with Crippen molar-refractivity contribution < 1.29 is 28.7 Å². The van der Waals surface area contributed by atoms with Crippen LogP contribution in [-0.2, 0) is 16.0 Å². The van der Waals surface area contributed by atoms with Crippen LogP contribution in [0.1, 0.15) is 45.5 Å². The Balaban J connectivity index is 1.85. The van der Waals surface area contributed by atoms with Crippen LogP contribution in [0.3, 0.4) is 0 Å². The summed E-state index contributed by atoms with van der Waals surface area (Å²) >= 11 is 0. The lowest BCUT2D eigenvalue weighted by molar-refractivity contribution is -0.142. The van der Waals surface area contributed by atoms with Crippen LogP contribution in [0, 0.1) is 6.92 Å². The molecule has 0 bridgehead atoms. The summed E-state index contributed by atoms with van der Waals surface area (Å²) in [6, 6.07) is 0.748. The van der Waals surface area contributed by atoms with E-state index < -0.39 is 29.8 Å². The number of hydrogen-bond acceptors (Lipinski definition) is 7. The molecule has 0 unspecified atom stereocenters. The minimum Gasteiger partial charge on any atom is -0.484 e. The summed E-state index contributed by atoms with van der Waals surface area (Å²) < 4.78 is 16.7. The van der Waals surface area contributed by atoms with Crippen molar-refractivity contribution in [3.63, 3.8) is 0 Å². The third-order valence-corrected chi connectivity index (χ3v) is 4.44. The third kappa shape index (κ3) is 4.02. The van der Waals surface area contributed by atoms with E-state index in [2.05, 4.69) is 10.1 Å². The predicted molar refractivity (Wildman–Crippen MR) is 99.3 cm³/mol. The Morgan fingerprint density at radius 3 is 2.71 bits per heavy atom. The van der Waals surface area contributed by atoms with E-state index in [4.69, 9.17) is 14.0 Å². The smallest absolute Gasteiger partial charge is 0.411 e. The lowest BCUT2D eigenvalue weighted by Crippen LogP contribution is -2.43. The molecule has 2 aromatic heterocycles. The first kappa shape index (κ1) is 19.9. The van der Waals surface area contributed by atoms with Gasteiger partial charge in [-0.25, -0.2) is 14.6 Å². The van der Waals surface area contributed by atoms with Crippen LogP contribution >= 0.6 is 0 Å². The normalized spacial score (nSPS) is 19.8. The number of carbonyl (C=O) groups is 2. The second-order valence-electron chi connectivity index (χ2n) is 7.87. The van der Waals surface area contributed by atoms with E-state index in [9.17, 15) is 14.7 Å². The van der Waals surface area contributed by atoms with Crippen LogP contribution < -0.4 is 4.74 Å². The zero-order chi connectivity index (χ0) is 20.6. The van der Waals surface area contributed by atoms with Gasteiger partial charge in [0.15, 0.2) is 5.75 Å². The number of carbonyl (C=O) groups excluding carboxylic acids is 1. The van der Waals surface area contributed by atoms with Gasteiger partial charge >= 0.3 is 12.1 Å². The predicted octanol–water partition coefficient (Wildman–Crippen LogP) is 2.94. The highest BCUT2D eigenvalue weighted by molar-refractivity contribution is 5.82. The summed E-state index contributed by atoms with van der Waals surface area (Å²) in [5.41, 5.74) is 1.78. The van der Waals surface area contributed by atoms with Gasteiger partial charge in [-0.2, -0.15) is 0 Å². The van der Waals surface area contributed by atoms with Crippen LogP contribution in [-0.4, -0.2) is 56.5 Å². The number of aliphatic carboxylic acids is 1. The molecule has 152 valence electrons. The standard InChI is InChI=1S/C19H25N3O6/c1-6-11-7-14(16-15(20-11)10(2)21-28-16)26-12-8-13(17(23)24)22(9-12)18(25)27-19(3,4)5/h7,12-13H,6,8-9H2,1-5H3,(H,23,24)/t12-,13+/m1/s1. The van der Waals surface area contributed by atoms with Gasteiger partial charge in [0.25, 0.3) is 0 Å². The first-order valence-electron chi connectivity index (χ1n) is 9.24. The van der Waals surface area contributed by atoms with E-state index in [0.29, 0.717) is 29.0 Å². The van der Waals surface area contributed by atoms with Gasteiger partial charge in [0.1, 0.15) is 29.0 Å². The Morgan fingerprint density at radius 2 is 2.11 bits per heavy atom. The first-order chi connectivity index (χ1) is 13.1. The number of likely N-dealkylation sites (tertiary alicyclic amines) is 1. The summed E-state index contributed by atoms with van der Waals surface area (Å²) in [7, 11) is 0. The minimum atomic E-state index is -1.10. The van der Waals surface area contributed by atoms with Gasteiger partial charge in [-0.15, -0.1) is 0 Å². The van der Waals surface area contributed by atoms with Crippen molar-refractivity contribution in [2.24, 2.45) is 0 Å². The van der Waals surface area contributed by atoms with Crippen LogP contribution in [0.4, 0.5) is 4.79 Å². The lowest BCUT2D eigenvalue weighted by Gasteiger charge is -2.26. The average molecular weight is 391 g/mol. The first-order valence-corrected chi connectivity index (χ1v) is 9.24. The van der Waals surface area contributed by atoms with E-state index in [1.54, 1.807) is 33.8 Å². The van der Waals surface area contributed by atoms with Crippen molar-refractivity contribution in [3.8, 4) is 5.75 Å². The van der Waals surface area contributed by atoms with Crippen molar-refractivity contribution in [1.82, 2.24) is 15.0 Å². The summed E-state index contributed by atoms with van der Waals surface area (Å²) in [4.78, 5) is 29.8. The highest BCUT2D eigenvalue weighted by atomic mass is 16.6. The molecule has 1 amide bonds. The van der Waals surface area contributed by atoms with Crippen molar-refractivity contribution in [2.75, 3.05) is 6.54 Å². The summed E-state index contributed by atoms with van der Waals surface area (Å²) in [6.45, 7) is 9.07. The van der Waals surface area contributed by atoms with E-state index in [1.807, 2.05) is 6.92 Å². The van der Waals surface area contributed by atoms with E-state index in [-0.39, 0.29) is 13.0 Å². The molecule has 0 saturated carbocycles. The lowest BCUT2D eigenvalue weighted by atomic mass is 10.2. The Bertz CT molecular complexity index is 901. The molecule has 0 radical (unpaired) electrons. The molecule has 1 aliphatic heterocycles. The van der Waals surface area contributed by atoms with Gasteiger partial charge in [0, 0.05) is 18.2 Å². The van der Waals surface area contributed by atoms with Gasteiger partial charge in [0.2, 0.25) is 5.58 Å². The molecule has 2 atom stereocenters. The Labute approximate surface area is 162 Å². The number of rotatable bonds is 4. The van der Waals surface area contributed by atoms with Crippen molar-refractivity contribution in [3.05, 3.63) is 17.5 Å². The maximum absolute atomic E-state index is 12.4. The molecule has 3 heterocycles. The molecule has 2 aromatic rings. The van der Waals surface area contributed by atoms with Crippen LogP contribution in [0.2, 0.25) is 0 Å². The van der Waals surface area contributed by atoms with Crippen LogP contribution in [0.5, 0.6) is 5.75 Å². The largest absolute Gasteiger partial charge is 0.484 e. The molecule has 28 heavy (non-hydrogen) atoms. The van der Waals surface area contributed by atoms with Gasteiger partial charge in [-0.3, -0.25) is 4.90 Å². The second kappa shape index (κ2) is 7.29. The summed E-state index contributed by atoms with van der Waals surface area (Å²) in [6.07, 6.45) is -0.346. The fourth-order valence-electron chi connectivity index (χ4n) is 3.14. The molecule has 1 N–H and O–H groups in total. The van der Waals surface area contributed by atoms with E-state index in [0.717, 1.165) is 5.69 Å². The Kier molecular flexibility index (Phi) is 5.18. The van der Waals surface area contributed by atoms with Gasteiger partial charge in [0.05, 0.1) is 6.54 Å². The number of carboxylic acid groups (broad SMARTS) is 1. The molecule has 1 aliphatic rings. The summed E-state index contributed by atoms with van der Waals surface area (Å²) in [5, 5.41) is 13.5.